The standard InChI is InChI=1S/C36H44N6O5/c1-7-41(27-10-12-47-13-11-27)32-17-26(15-29(23(32)4)34(44)37-18-30-21(2)14-22(3)38-35(30)45)25-8-9-31-33(16-25)42(36(46)39(31)6)28-19-40(20-28)24(5)43/h8-9,14-17,27-28H,7,10-13,18-20H2,1-6H3,(H,37,44)(H,38,45). The normalized spacial score (nSPS) is 15.6. The van der Waals surface area contributed by atoms with Crippen molar-refractivity contribution in [3.05, 3.63) is 85.2 Å². The summed E-state index contributed by atoms with van der Waals surface area (Å²) in [6.45, 7) is 12.6. The van der Waals surface area contributed by atoms with Crippen LogP contribution in [0.5, 0.6) is 0 Å². The molecular formula is C36H44N6O5. The van der Waals surface area contributed by atoms with Crippen molar-refractivity contribution in [3.63, 3.8) is 0 Å². The maximum absolute atomic E-state index is 13.9. The Hall–Kier alpha value is -4.64. The summed E-state index contributed by atoms with van der Waals surface area (Å²) in [5, 5.41) is 3.01. The number of carbonyl (C=O) groups excluding carboxylic acids is 2. The Kier molecular flexibility index (Phi) is 8.84. The highest BCUT2D eigenvalue weighted by Crippen LogP contribution is 2.35. The van der Waals surface area contributed by atoms with E-state index in [1.165, 1.54) is 0 Å². The molecule has 0 spiro atoms. The van der Waals surface area contributed by atoms with Crippen LogP contribution in [0.1, 0.15) is 65.5 Å². The number of amides is 2. The van der Waals surface area contributed by atoms with Gasteiger partial charge in [-0.3, -0.25) is 23.5 Å². The summed E-state index contributed by atoms with van der Waals surface area (Å²) in [6, 6.07) is 12.1. The molecule has 0 bridgehead atoms. The number of ether oxygens (including phenoxy) is 1. The van der Waals surface area contributed by atoms with E-state index in [9.17, 15) is 19.2 Å². The van der Waals surface area contributed by atoms with Crippen molar-refractivity contribution in [2.75, 3.05) is 37.7 Å². The Morgan fingerprint density at radius 1 is 1.00 bits per heavy atom. The minimum atomic E-state index is -0.260. The molecule has 248 valence electrons. The molecule has 11 heteroatoms. The van der Waals surface area contributed by atoms with Gasteiger partial charge >= 0.3 is 5.69 Å². The number of hydrogen-bond acceptors (Lipinski definition) is 6. The van der Waals surface area contributed by atoms with E-state index in [0.29, 0.717) is 37.4 Å². The summed E-state index contributed by atoms with van der Waals surface area (Å²) in [6.07, 6.45) is 1.80. The van der Waals surface area contributed by atoms with Crippen LogP contribution < -0.4 is 21.5 Å². The molecule has 0 unspecified atom stereocenters. The lowest BCUT2D eigenvalue weighted by atomic mass is 9.95. The van der Waals surface area contributed by atoms with Gasteiger partial charge < -0.3 is 24.8 Å². The van der Waals surface area contributed by atoms with Crippen molar-refractivity contribution in [2.24, 2.45) is 7.05 Å². The van der Waals surface area contributed by atoms with E-state index in [1.807, 2.05) is 51.1 Å². The molecule has 2 amide bonds. The van der Waals surface area contributed by atoms with Crippen LogP contribution in [0.4, 0.5) is 5.69 Å². The van der Waals surface area contributed by atoms with Crippen molar-refractivity contribution in [1.82, 2.24) is 24.3 Å². The number of hydrogen-bond donors (Lipinski definition) is 2. The first-order valence-corrected chi connectivity index (χ1v) is 16.4. The summed E-state index contributed by atoms with van der Waals surface area (Å²) < 4.78 is 9.10. The summed E-state index contributed by atoms with van der Waals surface area (Å²) in [5.41, 5.74) is 7.53. The predicted molar refractivity (Wildman–Crippen MR) is 183 cm³/mol. The third-order valence-electron chi connectivity index (χ3n) is 9.92. The number of aromatic amines is 1. The van der Waals surface area contributed by atoms with Crippen LogP contribution >= 0.6 is 0 Å². The third kappa shape index (κ3) is 6.00. The summed E-state index contributed by atoms with van der Waals surface area (Å²) in [5.74, 6) is -0.259. The van der Waals surface area contributed by atoms with Crippen molar-refractivity contribution < 1.29 is 14.3 Å². The van der Waals surface area contributed by atoms with Gasteiger partial charge in [-0.15, -0.1) is 0 Å². The van der Waals surface area contributed by atoms with E-state index in [-0.39, 0.29) is 41.7 Å². The number of anilines is 1. The summed E-state index contributed by atoms with van der Waals surface area (Å²) >= 11 is 0. The number of benzene rings is 2. The molecule has 2 fully saturated rings. The molecule has 0 radical (unpaired) electrons. The fraction of sp³-hybridized carbons (Fsp3) is 0.444. The molecule has 2 aliphatic heterocycles. The van der Waals surface area contributed by atoms with Crippen LogP contribution in [-0.2, 0) is 23.1 Å². The number of nitrogens with zero attached hydrogens (tertiary/aromatic N) is 4. The van der Waals surface area contributed by atoms with Gasteiger partial charge in [0.15, 0.2) is 0 Å². The van der Waals surface area contributed by atoms with Crippen molar-refractivity contribution in [3.8, 4) is 11.1 Å². The summed E-state index contributed by atoms with van der Waals surface area (Å²) in [7, 11) is 1.77. The van der Waals surface area contributed by atoms with Gasteiger partial charge in [0.05, 0.1) is 17.1 Å². The number of pyridine rings is 1. The zero-order valence-electron chi connectivity index (χ0n) is 28.1. The first-order valence-electron chi connectivity index (χ1n) is 16.4. The molecule has 0 aliphatic carbocycles. The van der Waals surface area contributed by atoms with Crippen LogP contribution in [0, 0.1) is 20.8 Å². The van der Waals surface area contributed by atoms with Crippen LogP contribution in [0.2, 0.25) is 0 Å². The lowest BCUT2D eigenvalue weighted by Gasteiger charge is -2.39. The lowest BCUT2D eigenvalue weighted by Crippen LogP contribution is -2.52. The molecule has 2 aliphatic rings. The topological polar surface area (TPSA) is 122 Å². The smallest absolute Gasteiger partial charge is 0.329 e. The molecule has 2 N–H and O–H groups in total. The minimum Gasteiger partial charge on any atom is -0.381 e. The average Bonchev–Trinajstić information content (AvgIpc) is 3.26. The molecule has 4 heterocycles. The number of nitrogens with one attached hydrogen (secondary N) is 2. The third-order valence-corrected chi connectivity index (χ3v) is 9.92. The van der Waals surface area contributed by atoms with Gasteiger partial charge in [-0.1, -0.05) is 6.07 Å². The van der Waals surface area contributed by atoms with Gasteiger partial charge in [-0.05, 0) is 93.1 Å². The quantitative estimate of drug-likeness (QED) is 0.301. The van der Waals surface area contributed by atoms with E-state index in [2.05, 4.69) is 28.2 Å². The SMILES string of the molecule is CCN(c1cc(-c2ccc3c(c2)n(C2CN(C(C)=O)C2)c(=O)n3C)cc(C(=O)NCc2c(C)cc(C)[nH]c2=O)c1C)C1CCOCC1. The molecule has 11 nitrogen and oxygen atoms in total. The second-order valence-electron chi connectivity index (χ2n) is 12.9. The largest absolute Gasteiger partial charge is 0.381 e. The maximum Gasteiger partial charge on any atom is 0.329 e. The molecule has 47 heavy (non-hydrogen) atoms. The number of H-pyrrole nitrogens is 1. The van der Waals surface area contributed by atoms with E-state index in [4.69, 9.17) is 4.74 Å². The second-order valence-corrected chi connectivity index (χ2v) is 12.9. The van der Waals surface area contributed by atoms with Crippen LogP contribution in [-0.4, -0.2) is 69.7 Å². The van der Waals surface area contributed by atoms with Crippen molar-refractivity contribution in [2.45, 2.75) is 66.1 Å². The van der Waals surface area contributed by atoms with Crippen LogP contribution in [0.3, 0.4) is 0 Å². The second kappa shape index (κ2) is 12.9. The Morgan fingerprint density at radius 3 is 2.38 bits per heavy atom. The first kappa shape index (κ1) is 32.3. The fourth-order valence-corrected chi connectivity index (χ4v) is 7.16. The summed E-state index contributed by atoms with van der Waals surface area (Å²) in [4.78, 5) is 58.8. The molecule has 0 atom stereocenters. The van der Waals surface area contributed by atoms with Gasteiger partial charge in [0.2, 0.25) is 5.91 Å². The lowest BCUT2D eigenvalue weighted by molar-refractivity contribution is -0.134. The number of carbonyl (C=O) groups is 2. The number of rotatable bonds is 8. The Labute approximate surface area is 274 Å². The van der Waals surface area contributed by atoms with E-state index in [0.717, 1.165) is 64.1 Å². The Bertz CT molecular complexity index is 1980. The number of fused-ring (bicyclic) bond motifs is 1. The molecule has 2 saturated heterocycles. The van der Waals surface area contributed by atoms with Crippen LogP contribution in [0.15, 0.2) is 46.0 Å². The highest BCUT2D eigenvalue weighted by atomic mass is 16.5. The van der Waals surface area contributed by atoms with Crippen molar-refractivity contribution >= 4 is 28.5 Å². The first-order chi connectivity index (χ1) is 22.5. The molecule has 2 aromatic carbocycles. The molecule has 0 saturated carbocycles. The average molecular weight is 641 g/mol. The zero-order valence-corrected chi connectivity index (χ0v) is 28.1. The zero-order chi connectivity index (χ0) is 33.6. The van der Waals surface area contributed by atoms with Gasteiger partial charge in [-0.2, -0.15) is 0 Å². The fourth-order valence-electron chi connectivity index (χ4n) is 7.16. The van der Waals surface area contributed by atoms with Gasteiger partial charge in [-0.25, -0.2) is 4.79 Å². The number of likely N-dealkylation sites (tertiary alicyclic amines) is 1. The molecule has 4 aromatic rings. The minimum absolute atomic E-state index is 0.000341. The predicted octanol–water partition coefficient (Wildman–Crippen LogP) is 3.96. The van der Waals surface area contributed by atoms with Gasteiger partial charge in [0, 0.05) is 81.9 Å². The Morgan fingerprint density at radius 2 is 1.72 bits per heavy atom. The molecule has 6 rings (SSSR count). The molecule has 2 aromatic heterocycles. The van der Waals surface area contributed by atoms with E-state index >= 15 is 0 Å². The number of aryl methyl sites for hydroxylation is 3. The monoisotopic (exact) mass is 640 g/mol. The number of imidazole rings is 1. The Balaban J connectivity index is 1.43. The highest BCUT2D eigenvalue weighted by Gasteiger charge is 2.33. The maximum atomic E-state index is 13.9. The highest BCUT2D eigenvalue weighted by molar-refractivity contribution is 5.99. The molecular weight excluding hydrogens is 596 g/mol. The van der Waals surface area contributed by atoms with E-state index in [1.54, 1.807) is 28.0 Å². The van der Waals surface area contributed by atoms with Gasteiger partial charge in [0.25, 0.3) is 11.5 Å². The van der Waals surface area contributed by atoms with Crippen molar-refractivity contribution in [1.29, 1.82) is 0 Å². The van der Waals surface area contributed by atoms with E-state index < -0.39 is 0 Å². The van der Waals surface area contributed by atoms with Crippen LogP contribution in [0.25, 0.3) is 22.2 Å². The number of aromatic nitrogens is 3. The van der Waals surface area contributed by atoms with Gasteiger partial charge in [0.1, 0.15) is 0 Å².